The lowest BCUT2D eigenvalue weighted by Gasteiger charge is -2.08. The van der Waals surface area contributed by atoms with Crippen LogP contribution in [0.2, 0.25) is 5.15 Å². The number of aromatic nitrogens is 2. The molecule has 0 spiro atoms. The first-order valence-electron chi connectivity index (χ1n) is 6.15. The fourth-order valence-electron chi connectivity index (χ4n) is 2.31. The smallest absolute Gasteiger partial charge is 0.161 e. The van der Waals surface area contributed by atoms with Gasteiger partial charge in [0, 0.05) is 10.9 Å². The summed E-state index contributed by atoms with van der Waals surface area (Å²) in [5, 5.41) is 1.45. The number of nitrogens with zero attached hydrogens (tertiary/aromatic N) is 2. The van der Waals surface area contributed by atoms with E-state index in [4.69, 9.17) is 11.6 Å². The fourth-order valence-corrected chi connectivity index (χ4v) is 2.63. The van der Waals surface area contributed by atoms with E-state index in [-0.39, 0.29) is 0 Å². The number of benzene rings is 2. The van der Waals surface area contributed by atoms with E-state index in [1.165, 1.54) is 5.56 Å². The predicted molar refractivity (Wildman–Crippen MR) is 79.5 cm³/mol. The molecule has 0 bridgehead atoms. The van der Waals surface area contributed by atoms with E-state index in [2.05, 4.69) is 23.0 Å². The van der Waals surface area contributed by atoms with Gasteiger partial charge in [0.15, 0.2) is 5.82 Å². The summed E-state index contributed by atoms with van der Waals surface area (Å²) in [6.07, 6.45) is 0. The zero-order valence-corrected chi connectivity index (χ0v) is 11.6. The highest BCUT2D eigenvalue weighted by atomic mass is 35.5. The monoisotopic (exact) mass is 268 g/mol. The van der Waals surface area contributed by atoms with Gasteiger partial charge in [0.05, 0.1) is 5.52 Å². The van der Waals surface area contributed by atoms with Crippen molar-refractivity contribution in [3.8, 4) is 11.4 Å². The number of aryl methyl sites for hydroxylation is 2. The molecule has 2 aromatic carbocycles. The lowest BCUT2D eigenvalue weighted by Crippen LogP contribution is -1.94. The molecule has 94 valence electrons. The molecule has 0 fully saturated rings. The molecule has 0 N–H and O–H groups in total. The Morgan fingerprint density at radius 2 is 1.68 bits per heavy atom. The maximum absolute atomic E-state index is 6.32. The van der Waals surface area contributed by atoms with Crippen molar-refractivity contribution in [1.29, 1.82) is 0 Å². The Kier molecular flexibility index (Phi) is 2.96. The molecule has 3 aromatic rings. The maximum Gasteiger partial charge on any atom is 0.161 e. The van der Waals surface area contributed by atoms with Crippen LogP contribution in [0.25, 0.3) is 22.3 Å². The lowest BCUT2D eigenvalue weighted by molar-refractivity contribution is 1.22. The summed E-state index contributed by atoms with van der Waals surface area (Å²) in [4.78, 5) is 9.05. The van der Waals surface area contributed by atoms with Crippen LogP contribution in [0, 0.1) is 13.8 Å². The second-order valence-corrected chi connectivity index (χ2v) is 5.04. The summed E-state index contributed by atoms with van der Waals surface area (Å²) >= 11 is 6.32. The van der Waals surface area contributed by atoms with Crippen LogP contribution in [0.15, 0.2) is 42.5 Å². The van der Waals surface area contributed by atoms with E-state index < -0.39 is 0 Å². The summed E-state index contributed by atoms with van der Waals surface area (Å²) in [5.41, 5.74) is 4.17. The minimum atomic E-state index is 0.515. The molecule has 2 nitrogen and oxygen atoms in total. The zero-order chi connectivity index (χ0) is 13.4. The van der Waals surface area contributed by atoms with Crippen molar-refractivity contribution < 1.29 is 0 Å². The van der Waals surface area contributed by atoms with Crippen LogP contribution < -0.4 is 0 Å². The molecule has 0 unspecified atom stereocenters. The summed E-state index contributed by atoms with van der Waals surface area (Å²) in [6, 6.07) is 14.0. The van der Waals surface area contributed by atoms with Crippen molar-refractivity contribution in [2.75, 3.05) is 0 Å². The van der Waals surface area contributed by atoms with E-state index in [9.17, 15) is 0 Å². The topological polar surface area (TPSA) is 25.8 Å². The highest BCUT2D eigenvalue weighted by Crippen LogP contribution is 2.28. The van der Waals surface area contributed by atoms with Crippen LogP contribution in [0.4, 0.5) is 0 Å². The van der Waals surface area contributed by atoms with Crippen LogP contribution in [0.3, 0.4) is 0 Å². The van der Waals surface area contributed by atoms with Crippen LogP contribution in [0.1, 0.15) is 11.1 Å². The van der Waals surface area contributed by atoms with Crippen molar-refractivity contribution in [2.45, 2.75) is 13.8 Å². The molecule has 0 aliphatic carbocycles. The third-order valence-electron chi connectivity index (χ3n) is 3.13. The molecule has 0 radical (unpaired) electrons. The second kappa shape index (κ2) is 4.63. The SMILES string of the molecule is Cc1cc(C)c2c(Cl)nc(-c3ccccc3)nc2c1. The first kappa shape index (κ1) is 12.1. The van der Waals surface area contributed by atoms with Crippen LogP contribution in [-0.2, 0) is 0 Å². The summed E-state index contributed by atoms with van der Waals surface area (Å²) in [6.45, 7) is 4.09. The van der Waals surface area contributed by atoms with Crippen LogP contribution >= 0.6 is 11.6 Å². The number of fused-ring (bicyclic) bond motifs is 1. The van der Waals surface area contributed by atoms with E-state index in [1.54, 1.807) is 0 Å². The molecule has 0 saturated carbocycles. The molecule has 1 heterocycles. The van der Waals surface area contributed by atoms with Crippen LogP contribution in [-0.4, -0.2) is 9.97 Å². The van der Waals surface area contributed by atoms with Crippen molar-refractivity contribution >= 4 is 22.5 Å². The lowest BCUT2D eigenvalue weighted by atomic mass is 10.1. The van der Waals surface area contributed by atoms with Gasteiger partial charge < -0.3 is 0 Å². The molecular formula is C16H13ClN2. The number of hydrogen-bond acceptors (Lipinski definition) is 2. The fraction of sp³-hybridized carbons (Fsp3) is 0.125. The standard InChI is InChI=1S/C16H13ClN2/c1-10-8-11(2)14-13(9-10)18-16(19-15(14)17)12-6-4-3-5-7-12/h3-9H,1-2H3. The van der Waals surface area contributed by atoms with Gasteiger partial charge in [-0.15, -0.1) is 0 Å². The third-order valence-corrected chi connectivity index (χ3v) is 3.40. The van der Waals surface area contributed by atoms with Gasteiger partial charge in [-0.3, -0.25) is 0 Å². The average Bonchev–Trinajstić information content (AvgIpc) is 2.38. The van der Waals surface area contributed by atoms with Gasteiger partial charge in [-0.1, -0.05) is 48.0 Å². The Bertz CT molecular complexity index is 752. The normalized spacial score (nSPS) is 10.9. The van der Waals surface area contributed by atoms with Crippen molar-refractivity contribution in [2.24, 2.45) is 0 Å². The second-order valence-electron chi connectivity index (χ2n) is 4.68. The highest BCUT2D eigenvalue weighted by Gasteiger charge is 2.10. The summed E-state index contributed by atoms with van der Waals surface area (Å²) in [5.74, 6) is 0.670. The largest absolute Gasteiger partial charge is 0.228 e. The summed E-state index contributed by atoms with van der Waals surface area (Å²) < 4.78 is 0. The molecular weight excluding hydrogens is 256 g/mol. The molecule has 0 saturated heterocycles. The first-order chi connectivity index (χ1) is 9.15. The first-order valence-corrected chi connectivity index (χ1v) is 6.53. The molecule has 0 aliphatic rings. The Labute approximate surface area is 117 Å². The van der Waals surface area contributed by atoms with E-state index in [1.807, 2.05) is 43.3 Å². The van der Waals surface area contributed by atoms with Gasteiger partial charge in [0.1, 0.15) is 5.15 Å². The quantitative estimate of drug-likeness (QED) is 0.604. The Balaban J connectivity index is 2.31. The van der Waals surface area contributed by atoms with Gasteiger partial charge in [-0.05, 0) is 31.0 Å². The summed E-state index contributed by atoms with van der Waals surface area (Å²) in [7, 11) is 0. The van der Waals surface area contributed by atoms with Gasteiger partial charge >= 0.3 is 0 Å². The minimum absolute atomic E-state index is 0.515. The average molecular weight is 269 g/mol. The molecule has 0 aliphatic heterocycles. The van der Waals surface area contributed by atoms with Gasteiger partial charge in [-0.25, -0.2) is 9.97 Å². The molecule has 3 rings (SSSR count). The molecule has 0 atom stereocenters. The van der Waals surface area contributed by atoms with E-state index in [0.717, 1.165) is 22.0 Å². The molecule has 1 aromatic heterocycles. The number of halogens is 1. The van der Waals surface area contributed by atoms with Crippen LogP contribution in [0.5, 0.6) is 0 Å². The number of hydrogen-bond donors (Lipinski definition) is 0. The molecule has 0 amide bonds. The predicted octanol–water partition coefficient (Wildman–Crippen LogP) is 4.57. The third kappa shape index (κ3) is 2.20. The van der Waals surface area contributed by atoms with Crippen molar-refractivity contribution in [3.63, 3.8) is 0 Å². The van der Waals surface area contributed by atoms with Gasteiger partial charge in [0.2, 0.25) is 0 Å². The Morgan fingerprint density at radius 1 is 0.947 bits per heavy atom. The number of rotatable bonds is 1. The highest BCUT2D eigenvalue weighted by molar-refractivity contribution is 6.34. The van der Waals surface area contributed by atoms with E-state index >= 15 is 0 Å². The Morgan fingerprint density at radius 3 is 2.42 bits per heavy atom. The van der Waals surface area contributed by atoms with E-state index in [0.29, 0.717) is 11.0 Å². The van der Waals surface area contributed by atoms with Gasteiger partial charge in [-0.2, -0.15) is 0 Å². The molecule has 3 heteroatoms. The van der Waals surface area contributed by atoms with Crippen molar-refractivity contribution in [1.82, 2.24) is 9.97 Å². The molecule has 19 heavy (non-hydrogen) atoms. The Hall–Kier alpha value is -1.93. The van der Waals surface area contributed by atoms with Gasteiger partial charge in [0.25, 0.3) is 0 Å². The van der Waals surface area contributed by atoms with Crippen molar-refractivity contribution in [3.05, 3.63) is 58.7 Å². The maximum atomic E-state index is 6.32. The minimum Gasteiger partial charge on any atom is -0.228 e. The zero-order valence-electron chi connectivity index (χ0n) is 10.8.